The Bertz CT molecular complexity index is 286. The maximum Gasteiger partial charge on any atom is 0.0277 e. The zero-order chi connectivity index (χ0) is 9.84. The van der Waals surface area contributed by atoms with E-state index in [1.54, 1.807) is 0 Å². The van der Waals surface area contributed by atoms with Crippen molar-refractivity contribution in [2.45, 2.75) is 24.8 Å². The van der Waals surface area contributed by atoms with E-state index in [0.29, 0.717) is 0 Å². The SMILES string of the molecule is CCSc1ccc(Br)cc1C(C)N. The summed E-state index contributed by atoms with van der Waals surface area (Å²) < 4.78 is 1.10. The summed E-state index contributed by atoms with van der Waals surface area (Å²) in [7, 11) is 0. The molecule has 3 heteroatoms. The number of rotatable bonds is 3. The molecule has 72 valence electrons. The average molecular weight is 260 g/mol. The van der Waals surface area contributed by atoms with Crippen molar-refractivity contribution in [1.82, 2.24) is 0 Å². The summed E-state index contributed by atoms with van der Waals surface area (Å²) in [6.07, 6.45) is 0. The number of hydrogen-bond donors (Lipinski definition) is 1. The van der Waals surface area contributed by atoms with E-state index in [-0.39, 0.29) is 6.04 Å². The molecule has 0 aliphatic rings. The Morgan fingerprint density at radius 1 is 1.54 bits per heavy atom. The Morgan fingerprint density at radius 2 is 2.23 bits per heavy atom. The first-order valence-electron chi connectivity index (χ1n) is 4.33. The monoisotopic (exact) mass is 259 g/mol. The molecular weight excluding hydrogens is 246 g/mol. The number of hydrogen-bond acceptors (Lipinski definition) is 2. The van der Waals surface area contributed by atoms with Crippen LogP contribution in [0.1, 0.15) is 25.5 Å². The lowest BCUT2D eigenvalue weighted by Gasteiger charge is -2.11. The lowest BCUT2D eigenvalue weighted by atomic mass is 10.1. The van der Waals surface area contributed by atoms with Gasteiger partial charge in [-0.3, -0.25) is 0 Å². The largest absolute Gasteiger partial charge is 0.324 e. The highest BCUT2D eigenvalue weighted by Crippen LogP contribution is 2.28. The maximum atomic E-state index is 5.88. The van der Waals surface area contributed by atoms with Crippen LogP contribution >= 0.6 is 27.7 Å². The summed E-state index contributed by atoms with van der Waals surface area (Å²) in [6.45, 7) is 4.17. The van der Waals surface area contributed by atoms with Crippen molar-refractivity contribution in [3.63, 3.8) is 0 Å². The zero-order valence-electron chi connectivity index (χ0n) is 7.88. The van der Waals surface area contributed by atoms with E-state index in [2.05, 4.69) is 41.1 Å². The highest BCUT2D eigenvalue weighted by atomic mass is 79.9. The second kappa shape index (κ2) is 5.03. The molecule has 0 aliphatic heterocycles. The van der Waals surface area contributed by atoms with E-state index in [4.69, 9.17) is 5.73 Å². The molecule has 0 aromatic heterocycles. The van der Waals surface area contributed by atoms with Gasteiger partial charge in [-0.15, -0.1) is 11.8 Å². The van der Waals surface area contributed by atoms with Crippen LogP contribution in [0.3, 0.4) is 0 Å². The van der Waals surface area contributed by atoms with Gasteiger partial charge in [0.1, 0.15) is 0 Å². The van der Waals surface area contributed by atoms with E-state index in [1.165, 1.54) is 10.5 Å². The zero-order valence-corrected chi connectivity index (χ0v) is 10.3. The molecule has 1 atom stereocenters. The number of benzene rings is 1. The van der Waals surface area contributed by atoms with Crippen LogP contribution < -0.4 is 5.73 Å². The van der Waals surface area contributed by atoms with Crippen molar-refractivity contribution in [3.8, 4) is 0 Å². The third-order valence-corrected chi connectivity index (χ3v) is 3.23. The van der Waals surface area contributed by atoms with E-state index in [0.717, 1.165) is 10.2 Å². The second-order valence-corrected chi connectivity index (χ2v) is 5.13. The number of halogens is 1. The van der Waals surface area contributed by atoms with Gasteiger partial charge >= 0.3 is 0 Å². The average Bonchev–Trinajstić information content (AvgIpc) is 2.08. The molecule has 0 spiro atoms. The second-order valence-electron chi connectivity index (χ2n) is 2.90. The van der Waals surface area contributed by atoms with Crippen molar-refractivity contribution in [2.75, 3.05) is 5.75 Å². The highest BCUT2D eigenvalue weighted by Gasteiger charge is 2.06. The van der Waals surface area contributed by atoms with Gasteiger partial charge in [-0.2, -0.15) is 0 Å². The molecule has 0 saturated carbocycles. The van der Waals surface area contributed by atoms with Crippen LogP contribution in [-0.2, 0) is 0 Å². The van der Waals surface area contributed by atoms with Crippen LogP contribution in [0.15, 0.2) is 27.6 Å². The summed E-state index contributed by atoms with van der Waals surface area (Å²) in [5, 5.41) is 0. The lowest BCUT2D eigenvalue weighted by Crippen LogP contribution is -2.06. The minimum atomic E-state index is 0.103. The van der Waals surface area contributed by atoms with Crippen LogP contribution in [0, 0.1) is 0 Å². The standard InChI is InChI=1S/C10H14BrNS/c1-3-13-10-5-4-8(11)6-9(10)7(2)12/h4-7H,3,12H2,1-2H3. The first kappa shape index (κ1) is 11.1. The normalized spacial score (nSPS) is 12.9. The molecule has 0 radical (unpaired) electrons. The Morgan fingerprint density at radius 3 is 2.77 bits per heavy atom. The molecular formula is C10H14BrNS. The van der Waals surface area contributed by atoms with Crippen LogP contribution in [0.5, 0.6) is 0 Å². The first-order valence-corrected chi connectivity index (χ1v) is 6.10. The van der Waals surface area contributed by atoms with Gasteiger partial charge < -0.3 is 5.73 Å². The minimum absolute atomic E-state index is 0.103. The van der Waals surface area contributed by atoms with Gasteiger partial charge in [0.2, 0.25) is 0 Å². The third-order valence-electron chi connectivity index (χ3n) is 1.76. The fourth-order valence-electron chi connectivity index (χ4n) is 1.16. The molecule has 0 amide bonds. The van der Waals surface area contributed by atoms with Crippen molar-refractivity contribution in [3.05, 3.63) is 28.2 Å². The maximum absolute atomic E-state index is 5.88. The van der Waals surface area contributed by atoms with E-state index in [9.17, 15) is 0 Å². The molecule has 0 aliphatic carbocycles. The van der Waals surface area contributed by atoms with Gasteiger partial charge in [0.05, 0.1) is 0 Å². The summed E-state index contributed by atoms with van der Waals surface area (Å²) in [5.74, 6) is 1.08. The van der Waals surface area contributed by atoms with Crippen LogP contribution in [0.2, 0.25) is 0 Å². The third kappa shape index (κ3) is 3.01. The quantitative estimate of drug-likeness (QED) is 0.840. The van der Waals surface area contributed by atoms with Gasteiger partial charge in [0, 0.05) is 15.4 Å². The molecule has 0 bridgehead atoms. The van der Waals surface area contributed by atoms with Gasteiger partial charge in [-0.05, 0) is 36.4 Å². The van der Waals surface area contributed by atoms with Gasteiger partial charge in [0.15, 0.2) is 0 Å². The van der Waals surface area contributed by atoms with Gasteiger partial charge in [-0.25, -0.2) is 0 Å². The summed E-state index contributed by atoms with van der Waals surface area (Å²) in [6, 6.07) is 6.38. The predicted molar refractivity (Wildman–Crippen MR) is 63.1 cm³/mol. The van der Waals surface area contributed by atoms with Crippen molar-refractivity contribution in [1.29, 1.82) is 0 Å². The smallest absolute Gasteiger partial charge is 0.0277 e. The van der Waals surface area contributed by atoms with Gasteiger partial charge in [-0.1, -0.05) is 22.9 Å². The predicted octanol–water partition coefficient (Wildman–Crippen LogP) is 3.58. The number of thioether (sulfide) groups is 1. The molecule has 1 nitrogen and oxygen atoms in total. The molecule has 0 saturated heterocycles. The van der Waals surface area contributed by atoms with E-state index >= 15 is 0 Å². The number of nitrogens with two attached hydrogens (primary N) is 1. The van der Waals surface area contributed by atoms with Crippen LogP contribution in [-0.4, -0.2) is 5.75 Å². The summed E-state index contributed by atoms with van der Waals surface area (Å²) >= 11 is 5.29. The van der Waals surface area contributed by atoms with Crippen LogP contribution in [0.25, 0.3) is 0 Å². The Labute approximate surface area is 92.2 Å². The summed E-state index contributed by atoms with van der Waals surface area (Å²) in [5.41, 5.74) is 7.10. The Balaban J connectivity index is 3.03. The molecule has 2 N–H and O–H groups in total. The van der Waals surface area contributed by atoms with Crippen molar-refractivity contribution >= 4 is 27.7 Å². The molecule has 1 rings (SSSR count). The Hall–Kier alpha value is 0.01000. The van der Waals surface area contributed by atoms with Crippen molar-refractivity contribution in [2.24, 2.45) is 5.73 Å². The van der Waals surface area contributed by atoms with Crippen molar-refractivity contribution < 1.29 is 0 Å². The lowest BCUT2D eigenvalue weighted by molar-refractivity contribution is 0.796. The molecule has 1 unspecified atom stereocenters. The molecule has 0 heterocycles. The molecule has 13 heavy (non-hydrogen) atoms. The van der Waals surface area contributed by atoms with E-state index < -0.39 is 0 Å². The van der Waals surface area contributed by atoms with Crippen LogP contribution in [0.4, 0.5) is 0 Å². The minimum Gasteiger partial charge on any atom is -0.324 e. The van der Waals surface area contributed by atoms with Gasteiger partial charge in [0.25, 0.3) is 0 Å². The summed E-state index contributed by atoms with van der Waals surface area (Å²) in [4.78, 5) is 1.29. The molecule has 1 aromatic rings. The fourth-order valence-corrected chi connectivity index (χ4v) is 2.43. The molecule has 0 fully saturated rings. The highest BCUT2D eigenvalue weighted by molar-refractivity contribution is 9.10. The molecule has 1 aromatic carbocycles. The Kier molecular flexibility index (Phi) is 4.29. The fraction of sp³-hybridized carbons (Fsp3) is 0.400. The topological polar surface area (TPSA) is 26.0 Å². The van der Waals surface area contributed by atoms with E-state index in [1.807, 2.05) is 18.7 Å². The first-order chi connectivity index (χ1) is 6.15.